The van der Waals surface area contributed by atoms with Crippen LogP contribution in [-0.2, 0) is 11.3 Å². The number of nitrogens with zero attached hydrogens (tertiary/aromatic N) is 3. The summed E-state index contributed by atoms with van der Waals surface area (Å²) in [7, 11) is 1.74. The summed E-state index contributed by atoms with van der Waals surface area (Å²) < 4.78 is 6.99. The standard InChI is InChI=1S/C22H32N6O2.HI/c1-5-30-22(29)26-19(17-10-11-17)14-25-21(23-4)24-13-18-8-6-7-9-20(18)28-16(3)12-15(2)27-28;/h6-9,12,17,19H,5,10-11,13-14H2,1-4H3,(H,26,29)(H2,23,24,25);1H. The third-order valence-electron chi connectivity index (χ3n) is 5.16. The van der Waals surface area contributed by atoms with Crippen LogP contribution in [0.5, 0.6) is 0 Å². The van der Waals surface area contributed by atoms with Crippen molar-refractivity contribution in [1.82, 2.24) is 25.7 Å². The van der Waals surface area contributed by atoms with Crippen molar-refractivity contribution in [3.8, 4) is 5.69 Å². The lowest BCUT2D eigenvalue weighted by molar-refractivity contribution is 0.146. The highest BCUT2D eigenvalue weighted by Gasteiger charge is 2.32. The van der Waals surface area contributed by atoms with Gasteiger partial charge in [0.05, 0.1) is 24.0 Å². The zero-order chi connectivity index (χ0) is 21.5. The first-order chi connectivity index (χ1) is 14.5. The van der Waals surface area contributed by atoms with Crippen molar-refractivity contribution >= 4 is 36.0 Å². The number of halogens is 1. The molecule has 3 N–H and O–H groups in total. The number of rotatable bonds is 8. The Balaban J connectivity index is 0.00000341. The van der Waals surface area contributed by atoms with Gasteiger partial charge in [0.1, 0.15) is 0 Å². The third kappa shape index (κ3) is 7.12. The van der Waals surface area contributed by atoms with Crippen LogP contribution in [0.2, 0.25) is 0 Å². The molecule has 1 aliphatic carbocycles. The lowest BCUT2D eigenvalue weighted by Gasteiger charge is -2.20. The van der Waals surface area contributed by atoms with E-state index in [2.05, 4.69) is 51.2 Å². The topological polar surface area (TPSA) is 92.6 Å². The Morgan fingerprint density at radius 2 is 2.03 bits per heavy atom. The predicted molar refractivity (Wildman–Crippen MR) is 133 cm³/mol. The number of hydrogen-bond acceptors (Lipinski definition) is 4. The lowest BCUT2D eigenvalue weighted by atomic mass is 10.1. The van der Waals surface area contributed by atoms with E-state index in [1.807, 2.05) is 23.7 Å². The summed E-state index contributed by atoms with van der Waals surface area (Å²) >= 11 is 0. The normalized spacial score (nSPS) is 14.4. The predicted octanol–water partition coefficient (Wildman–Crippen LogP) is 3.30. The molecule has 31 heavy (non-hydrogen) atoms. The lowest BCUT2D eigenvalue weighted by Crippen LogP contribution is -2.48. The quantitative estimate of drug-likeness (QED) is 0.272. The molecule has 1 fully saturated rings. The minimum Gasteiger partial charge on any atom is -0.450 e. The van der Waals surface area contributed by atoms with Gasteiger partial charge in [-0.15, -0.1) is 24.0 Å². The molecule has 8 nitrogen and oxygen atoms in total. The highest BCUT2D eigenvalue weighted by molar-refractivity contribution is 14.0. The highest BCUT2D eigenvalue weighted by Crippen LogP contribution is 2.32. The summed E-state index contributed by atoms with van der Waals surface area (Å²) in [6, 6.07) is 10.3. The summed E-state index contributed by atoms with van der Waals surface area (Å²) in [4.78, 5) is 16.1. The number of alkyl carbamates (subject to hydrolysis) is 1. The molecule has 1 atom stereocenters. The molecule has 0 bridgehead atoms. The van der Waals surface area contributed by atoms with Crippen LogP contribution in [0.25, 0.3) is 5.69 Å². The minimum absolute atomic E-state index is 0. The van der Waals surface area contributed by atoms with E-state index in [1.165, 1.54) is 0 Å². The van der Waals surface area contributed by atoms with E-state index in [0.717, 1.165) is 35.5 Å². The van der Waals surface area contributed by atoms with Crippen LogP contribution in [0, 0.1) is 19.8 Å². The van der Waals surface area contributed by atoms with Gasteiger partial charge in [0.2, 0.25) is 0 Å². The van der Waals surface area contributed by atoms with Crippen molar-refractivity contribution in [3.05, 3.63) is 47.3 Å². The maximum Gasteiger partial charge on any atom is 0.407 e. The van der Waals surface area contributed by atoms with Crippen molar-refractivity contribution in [3.63, 3.8) is 0 Å². The van der Waals surface area contributed by atoms with Crippen LogP contribution in [0.1, 0.15) is 36.7 Å². The number of aliphatic imine (C=N–C) groups is 1. The largest absolute Gasteiger partial charge is 0.450 e. The smallest absolute Gasteiger partial charge is 0.407 e. The maximum atomic E-state index is 11.8. The molecule has 0 spiro atoms. The van der Waals surface area contributed by atoms with Crippen molar-refractivity contribution in [2.24, 2.45) is 10.9 Å². The van der Waals surface area contributed by atoms with E-state index in [1.54, 1.807) is 14.0 Å². The summed E-state index contributed by atoms with van der Waals surface area (Å²) in [5.74, 6) is 1.18. The molecule has 1 heterocycles. The summed E-state index contributed by atoms with van der Waals surface area (Å²) in [6.45, 7) is 7.43. The molecular formula is C22H33IN6O2. The van der Waals surface area contributed by atoms with E-state index < -0.39 is 0 Å². The van der Waals surface area contributed by atoms with Crippen molar-refractivity contribution in [1.29, 1.82) is 0 Å². The van der Waals surface area contributed by atoms with Crippen molar-refractivity contribution in [2.75, 3.05) is 20.2 Å². The Bertz CT molecular complexity index is 894. The summed E-state index contributed by atoms with van der Waals surface area (Å²) in [5.41, 5.74) is 4.26. The first-order valence-electron chi connectivity index (χ1n) is 10.5. The van der Waals surface area contributed by atoms with Crippen LogP contribution in [0.15, 0.2) is 35.3 Å². The fourth-order valence-electron chi connectivity index (χ4n) is 3.50. The first kappa shape index (κ1) is 25.0. The molecule has 1 amide bonds. The highest BCUT2D eigenvalue weighted by atomic mass is 127. The summed E-state index contributed by atoms with van der Waals surface area (Å²) in [6.07, 6.45) is 1.89. The van der Waals surface area contributed by atoms with Gasteiger partial charge in [-0.25, -0.2) is 9.48 Å². The zero-order valence-electron chi connectivity index (χ0n) is 18.6. The molecular weight excluding hydrogens is 507 g/mol. The number of carbonyl (C=O) groups excluding carboxylic acids is 1. The molecule has 1 aliphatic rings. The molecule has 170 valence electrons. The van der Waals surface area contributed by atoms with E-state index >= 15 is 0 Å². The Hall–Kier alpha value is -2.30. The van der Waals surface area contributed by atoms with Crippen molar-refractivity contribution < 1.29 is 9.53 Å². The van der Waals surface area contributed by atoms with E-state index in [9.17, 15) is 4.79 Å². The van der Waals surface area contributed by atoms with Crippen LogP contribution < -0.4 is 16.0 Å². The number of amides is 1. The van der Waals surface area contributed by atoms with E-state index in [-0.39, 0.29) is 36.1 Å². The van der Waals surface area contributed by atoms with Crippen molar-refractivity contribution in [2.45, 2.75) is 46.2 Å². The molecule has 1 aromatic heterocycles. The monoisotopic (exact) mass is 540 g/mol. The van der Waals surface area contributed by atoms with Gasteiger partial charge in [0.15, 0.2) is 5.96 Å². The van der Waals surface area contributed by atoms with Crippen LogP contribution in [0.3, 0.4) is 0 Å². The minimum atomic E-state index is -0.363. The molecule has 9 heteroatoms. The van der Waals surface area contributed by atoms with Gasteiger partial charge in [0, 0.05) is 25.8 Å². The van der Waals surface area contributed by atoms with Gasteiger partial charge >= 0.3 is 6.09 Å². The zero-order valence-corrected chi connectivity index (χ0v) is 21.0. The molecule has 3 rings (SSSR count). The van der Waals surface area contributed by atoms with Crippen LogP contribution >= 0.6 is 24.0 Å². The fourth-order valence-corrected chi connectivity index (χ4v) is 3.50. The van der Waals surface area contributed by atoms with Gasteiger partial charge in [-0.2, -0.15) is 5.10 Å². The first-order valence-corrected chi connectivity index (χ1v) is 10.5. The molecule has 2 aromatic rings. The number of carbonyl (C=O) groups is 1. The van der Waals surface area contributed by atoms with Gasteiger partial charge in [-0.1, -0.05) is 18.2 Å². The molecule has 0 aliphatic heterocycles. The molecule has 0 radical (unpaired) electrons. The van der Waals surface area contributed by atoms with Gasteiger partial charge in [-0.3, -0.25) is 4.99 Å². The molecule has 0 saturated heterocycles. The number of para-hydroxylation sites is 1. The average molecular weight is 540 g/mol. The Morgan fingerprint density at radius 1 is 1.29 bits per heavy atom. The second-order valence-electron chi connectivity index (χ2n) is 7.58. The number of ether oxygens (including phenoxy) is 1. The summed E-state index contributed by atoms with van der Waals surface area (Å²) in [5, 5.41) is 14.3. The second-order valence-corrected chi connectivity index (χ2v) is 7.58. The van der Waals surface area contributed by atoms with E-state index in [0.29, 0.717) is 31.6 Å². The Morgan fingerprint density at radius 3 is 2.65 bits per heavy atom. The maximum absolute atomic E-state index is 11.8. The molecule has 1 aromatic carbocycles. The van der Waals surface area contributed by atoms with E-state index in [4.69, 9.17) is 4.74 Å². The Labute approximate surface area is 201 Å². The van der Waals surface area contributed by atoms with Crippen LogP contribution in [0.4, 0.5) is 4.79 Å². The number of aromatic nitrogens is 2. The molecule has 1 saturated carbocycles. The van der Waals surface area contributed by atoms with Gasteiger partial charge in [-0.05, 0) is 57.2 Å². The fraction of sp³-hybridized carbons (Fsp3) is 0.500. The SMILES string of the molecule is CCOC(=O)NC(CNC(=NC)NCc1ccccc1-n1nc(C)cc1C)C1CC1.I. The van der Waals surface area contributed by atoms with Crippen LogP contribution in [-0.4, -0.2) is 48.1 Å². The third-order valence-corrected chi connectivity index (χ3v) is 5.16. The number of hydrogen-bond donors (Lipinski definition) is 3. The van der Waals surface area contributed by atoms with Gasteiger partial charge in [0.25, 0.3) is 0 Å². The second kappa shape index (κ2) is 11.9. The number of nitrogens with one attached hydrogen (secondary N) is 3. The Kier molecular flexibility index (Phi) is 9.60. The van der Waals surface area contributed by atoms with Gasteiger partial charge < -0.3 is 20.7 Å². The number of benzene rings is 1. The average Bonchev–Trinajstić information content (AvgIpc) is 3.51. The molecule has 1 unspecified atom stereocenters. The number of aryl methyl sites for hydroxylation is 2. The number of guanidine groups is 1.